The van der Waals surface area contributed by atoms with E-state index in [1.165, 1.54) is 25.7 Å². The molecule has 4 atom stereocenters. The first-order valence-corrected chi connectivity index (χ1v) is 11.5. The van der Waals surface area contributed by atoms with Gasteiger partial charge in [0.25, 0.3) is 0 Å². The second kappa shape index (κ2) is 6.50. The van der Waals surface area contributed by atoms with E-state index in [1.807, 2.05) is 4.90 Å². The molecule has 3 aliphatic heterocycles. The Kier molecular flexibility index (Phi) is 4.61. The Morgan fingerprint density at radius 2 is 2.04 bits per heavy atom. The molecule has 0 aromatic carbocycles. The van der Waals surface area contributed by atoms with Crippen molar-refractivity contribution in [2.45, 2.75) is 63.6 Å². The third-order valence-corrected chi connectivity index (χ3v) is 8.36. The standard InChI is InChI=1S/C18H30N2O4S/c1-2-25(22,23)19-10-14-15-11-20(12-18(15)8-7-16(14)24-18)17(21)9-13-5-3-4-6-13/h13-16,19H,2-12H2,1H3/t14-,15+,16+,18+/m0/s1. The SMILES string of the molecule is CCS(=O)(=O)NC[C@H]1[C@H]2CN(C(=O)CC3CCCC3)C[C@]23CC[C@H]1O3. The van der Waals surface area contributed by atoms with Crippen LogP contribution in [-0.4, -0.2) is 56.3 Å². The van der Waals surface area contributed by atoms with Gasteiger partial charge < -0.3 is 9.64 Å². The predicted molar refractivity (Wildman–Crippen MR) is 94.4 cm³/mol. The van der Waals surface area contributed by atoms with E-state index < -0.39 is 10.0 Å². The number of likely N-dealkylation sites (tertiary alicyclic amines) is 1. The summed E-state index contributed by atoms with van der Waals surface area (Å²) in [7, 11) is -3.19. The summed E-state index contributed by atoms with van der Waals surface area (Å²) in [5, 5.41) is 0. The average molecular weight is 371 g/mol. The van der Waals surface area contributed by atoms with Crippen molar-refractivity contribution in [2.24, 2.45) is 17.8 Å². The van der Waals surface area contributed by atoms with Crippen molar-refractivity contribution in [3.05, 3.63) is 0 Å². The minimum absolute atomic E-state index is 0.104. The van der Waals surface area contributed by atoms with Crippen molar-refractivity contribution >= 4 is 15.9 Å². The maximum absolute atomic E-state index is 12.7. The molecular formula is C18H30N2O4S. The lowest BCUT2D eigenvalue weighted by Crippen LogP contribution is -2.42. The molecule has 1 aliphatic carbocycles. The number of nitrogens with zero attached hydrogens (tertiary/aromatic N) is 1. The van der Waals surface area contributed by atoms with Crippen LogP contribution in [0, 0.1) is 17.8 Å². The molecule has 25 heavy (non-hydrogen) atoms. The molecule has 1 spiro atoms. The van der Waals surface area contributed by atoms with E-state index in [9.17, 15) is 13.2 Å². The van der Waals surface area contributed by atoms with Gasteiger partial charge in [-0.3, -0.25) is 4.79 Å². The first-order valence-electron chi connectivity index (χ1n) is 9.85. The average Bonchev–Trinajstić information content (AvgIpc) is 3.33. The van der Waals surface area contributed by atoms with Crippen molar-refractivity contribution in [3.63, 3.8) is 0 Å². The van der Waals surface area contributed by atoms with E-state index in [0.717, 1.165) is 19.4 Å². The summed E-state index contributed by atoms with van der Waals surface area (Å²) >= 11 is 0. The number of nitrogens with one attached hydrogen (secondary N) is 1. The molecule has 3 saturated heterocycles. The molecule has 0 radical (unpaired) electrons. The summed E-state index contributed by atoms with van der Waals surface area (Å²) in [5.41, 5.74) is -0.210. The molecule has 7 heteroatoms. The van der Waals surface area contributed by atoms with E-state index in [-0.39, 0.29) is 35.2 Å². The van der Waals surface area contributed by atoms with Gasteiger partial charge in [0.1, 0.15) is 0 Å². The minimum Gasteiger partial charge on any atom is -0.369 e. The Bertz CT molecular complexity index is 631. The molecule has 1 amide bonds. The van der Waals surface area contributed by atoms with E-state index >= 15 is 0 Å². The summed E-state index contributed by atoms with van der Waals surface area (Å²) in [5.74, 6) is 1.41. The third-order valence-electron chi connectivity index (χ3n) is 6.99. The summed E-state index contributed by atoms with van der Waals surface area (Å²) in [6, 6.07) is 0. The van der Waals surface area contributed by atoms with Crippen LogP contribution >= 0.6 is 0 Å². The van der Waals surface area contributed by atoms with Crippen molar-refractivity contribution in [1.29, 1.82) is 0 Å². The molecular weight excluding hydrogens is 340 g/mol. The van der Waals surface area contributed by atoms with Crippen molar-refractivity contribution in [1.82, 2.24) is 9.62 Å². The Balaban J connectivity index is 1.40. The van der Waals surface area contributed by atoms with Gasteiger partial charge in [0, 0.05) is 31.3 Å². The lowest BCUT2D eigenvalue weighted by atomic mass is 9.74. The molecule has 0 aromatic rings. The van der Waals surface area contributed by atoms with Gasteiger partial charge in [-0.05, 0) is 38.5 Å². The predicted octanol–water partition coefficient (Wildman–Crippen LogP) is 1.51. The normalized spacial score (nSPS) is 37.8. The number of hydrogen-bond acceptors (Lipinski definition) is 4. The molecule has 3 heterocycles. The quantitative estimate of drug-likeness (QED) is 0.769. The largest absolute Gasteiger partial charge is 0.369 e. The first kappa shape index (κ1) is 17.7. The van der Waals surface area contributed by atoms with Gasteiger partial charge in [0.15, 0.2) is 0 Å². The molecule has 4 rings (SSSR count). The molecule has 4 aliphatic rings. The topological polar surface area (TPSA) is 75.7 Å². The molecule has 2 bridgehead atoms. The number of sulfonamides is 1. The Labute approximate surface area is 150 Å². The van der Waals surface area contributed by atoms with E-state index in [0.29, 0.717) is 25.4 Å². The second-order valence-electron chi connectivity index (χ2n) is 8.41. The lowest BCUT2D eigenvalue weighted by molar-refractivity contribution is -0.132. The fourth-order valence-corrected chi connectivity index (χ4v) is 6.22. The van der Waals surface area contributed by atoms with Crippen molar-refractivity contribution in [3.8, 4) is 0 Å². The van der Waals surface area contributed by atoms with Crippen LogP contribution in [0.2, 0.25) is 0 Å². The van der Waals surface area contributed by atoms with E-state index in [2.05, 4.69) is 4.72 Å². The number of amides is 1. The molecule has 6 nitrogen and oxygen atoms in total. The number of fused-ring (bicyclic) bond motifs is 1. The maximum atomic E-state index is 12.7. The number of hydrogen-bond donors (Lipinski definition) is 1. The van der Waals surface area contributed by atoms with E-state index in [1.54, 1.807) is 6.92 Å². The van der Waals surface area contributed by atoms with Crippen LogP contribution in [0.15, 0.2) is 0 Å². The Hall–Kier alpha value is -0.660. The van der Waals surface area contributed by atoms with E-state index in [4.69, 9.17) is 4.74 Å². The maximum Gasteiger partial charge on any atom is 0.222 e. The Morgan fingerprint density at radius 1 is 1.28 bits per heavy atom. The van der Waals surface area contributed by atoms with Crippen molar-refractivity contribution in [2.75, 3.05) is 25.4 Å². The van der Waals surface area contributed by atoms with Gasteiger partial charge in [-0.1, -0.05) is 12.8 Å². The van der Waals surface area contributed by atoms with Crippen molar-refractivity contribution < 1.29 is 17.9 Å². The number of carbonyl (C=O) groups is 1. The molecule has 1 N–H and O–H groups in total. The van der Waals surface area contributed by atoms with Crippen LogP contribution in [0.5, 0.6) is 0 Å². The van der Waals surface area contributed by atoms with Gasteiger partial charge in [-0.2, -0.15) is 0 Å². The van der Waals surface area contributed by atoms with Gasteiger partial charge in [0.05, 0.1) is 24.0 Å². The van der Waals surface area contributed by atoms with Crippen LogP contribution in [0.3, 0.4) is 0 Å². The van der Waals surface area contributed by atoms with Crippen LogP contribution in [0.1, 0.15) is 51.9 Å². The lowest BCUT2D eigenvalue weighted by Gasteiger charge is -2.29. The number of ether oxygens (including phenoxy) is 1. The molecule has 142 valence electrons. The highest BCUT2D eigenvalue weighted by Gasteiger charge is 2.63. The zero-order valence-electron chi connectivity index (χ0n) is 15.1. The summed E-state index contributed by atoms with van der Waals surface area (Å²) in [4.78, 5) is 14.7. The fraction of sp³-hybridized carbons (Fsp3) is 0.944. The number of carbonyl (C=O) groups excluding carboxylic acids is 1. The van der Waals surface area contributed by atoms with Crippen LogP contribution in [0.4, 0.5) is 0 Å². The third kappa shape index (κ3) is 3.23. The molecule has 0 aromatic heterocycles. The zero-order valence-corrected chi connectivity index (χ0v) is 15.9. The highest BCUT2D eigenvalue weighted by molar-refractivity contribution is 7.89. The number of rotatable bonds is 6. The van der Waals surface area contributed by atoms with Crippen LogP contribution in [-0.2, 0) is 19.6 Å². The summed E-state index contributed by atoms with van der Waals surface area (Å²) < 4.78 is 32.7. The monoisotopic (exact) mass is 370 g/mol. The first-order chi connectivity index (χ1) is 11.9. The van der Waals surface area contributed by atoms with Crippen LogP contribution < -0.4 is 4.72 Å². The van der Waals surface area contributed by atoms with Gasteiger partial charge >= 0.3 is 0 Å². The summed E-state index contributed by atoms with van der Waals surface area (Å²) in [6.45, 7) is 3.54. The zero-order chi connectivity index (χ0) is 17.7. The second-order valence-corrected chi connectivity index (χ2v) is 10.5. The van der Waals surface area contributed by atoms with Crippen LogP contribution in [0.25, 0.3) is 0 Å². The van der Waals surface area contributed by atoms with Gasteiger partial charge in [-0.25, -0.2) is 13.1 Å². The summed E-state index contributed by atoms with van der Waals surface area (Å²) in [6.07, 6.45) is 7.72. The molecule has 4 fully saturated rings. The Morgan fingerprint density at radius 3 is 2.76 bits per heavy atom. The minimum atomic E-state index is -3.19. The van der Waals surface area contributed by atoms with Gasteiger partial charge in [0.2, 0.25) is 15.9 Å². The highest BCUT2D eigenvalue weighted by atomic mass is 32.2. The molecule has 0 unspecified atom stereocenters. The fourth-order valence-electron chi connectivity index (χ4n) is 5.57. The smallest absolute Gasteiger partial charge is 0.222 e. The molecule has 1 saturated carbocycles. The van der Waals surface area contributed by atoms with Gasteiger partial charge in [-0.15, -0.1) is 0 Å². The highest BCUT2D eigenvalue weighted by Crippen LogP contribution is 2.54.